The predicted octanol–water partition coefficient (Wildman–Crippen LogP) is 3.31. The average molecular weight is 450 g/mol. The molecule has 0 saturated heterocycles. The molecule has 0 fully saturated rings. The topological polar surface area (TPSA) is 97.1 Å². The van der Waals surface area contributed by atoms with Gasteiger partial charge in [0.25, 0.3) is 5.91 Å². The summed E-state index contributed by atoms with van der Waals surface area (Å²) in [6.07, 6.45) is 0. The standard InChI is InChI=1S/C18H14BrClN4O3/c19-14-7-2-1-6-13(14)16(25)21-8-9-22-17(26)18-23-15(24-27-18)11-4-3-5-12(20)10-11/h1-7,10H,8-9H2,(H,21,25)(H,22,26). The molecule has 0 saturated carbocycles. The first kappa shape index (κ1) is 19.1. The third kappa shape index (κ3) is 4.93. The van der Waals surface area contributed by atoms with E-state index in [0.717, 1.165) is 0 Å². The van der Waals surface area contributed by atoms with Crippen molar-refractivity contribution in [2.75, 3.05) is 13.1 Å². The fourth-order valence-electron chi connectivity index (χ4n) is 2.23. The van der Waals surface area contributed by atoms with Crippen LogP contribution in [0.1, 0.15) is 21.0 Å². The van der Waals surface area contributed by atoms with Gasteiger partial charge in [-0.2, -0.15) is 4.98 Å². The van der Waals surface area contributed by atoms with E-state index in [1.807, 2.05) is 6.07 Å². The summed E-state index contributed by atoms with van der Waals surface area (Å²) in [4.78, 5) is 28.2. The van der Waals surface area contributed by atoms with Crippen molar-refractivity contribution in [3.05, 3.63) is 69.5 Å². The lowest BCUT2D eigenvalue weighted by Crippen LogP contribution is -2.34. The molecule has 0 atom stereocenters. The second kappa shape index (κ2) is 8.79. The van der Waals surface area contributed by atoms with Gasteiger partial charge in [0, 0.05) is 28.1 Å². The third-order valence-corrected chi connectivity index (χ3v) is 4.44. The van der Waals surface area contributed by atoms with Gasteiger partial charge in [0.05, 0.1) is 5.56 Å². The lowest BCUT2D eigenvalue weighted by Gasteiger charge is -2.07. The summed E-state index contributed by atoms with van der Waals surface area (Å²) in [6, 6.07) is 14.0. The Hall–Kier alpha value is -2.71. The van der Waals surface area contributed by atoms with Crippen LogP contribution in [0.15, 0.2) is 57.5 Å². The number of amides is 2. The molecule has 0 bridgehead atoms. The number of aromatic nitrogens is 2. The summed E-state index contributed by atoms with van der Waals surface area (Å²) < 4.78 is 5.67. The first-order valence-electron chi connectivity index (χ1n) is 7.95. The maximum Gasteiger partial charge on any atom is 0.316 e. The van der Waals surface area contributed by atoms with Crippen LogP contribution < -0.4 is 10.6 Å². The summed E-state index contributed by atoms with van der Waals surface area (Å²) in [5.74, 6) is -0.657. The number of nitrogens with zero attached hydrogens (tertiary/aromatic N) is 2. The highest BCUT2D eigenvalue weighted by Gasteiger charge is 2.16. The molecule has 2 N–H and O–H groups in total. The van der Waals surface area contributed by atoms with E-state index in [2.05, 4.69) is 36.7 Å². The second-order valence-electron chi connectivity index (χ2n) is 5.43. The van der Waals surface area contributed by atoms with Crippen molar-refractivity contribution in [2.45, 2.75) is 0 Å². The Morgan fingerprint density at radius 3 is 2.52 bits per heavy atom. The van der Waals surface area contributed by atoms with E-state index in [1.165, 1.54) is 0 Å². The van der Waals surface area contributed by atoms with Crippen molar-refractivity contribution >= 4 is 39.3 Å². The smallest absolute Gasteiger partial charge is 0.316 e. The van der Waals surface area contributed by atoms with Crippen LogP contribution in [0.3, 0.4) is 0 Å². The molecule has 7 nitrogen and oxygen atoms in total. The molecule has 0 aliphatic carbocycles. The third-order valence-electron chi connectivity index (χ3n) is 3.52. The Morgan fingerprint density at radius 2 is 1.78 bits per heavy atom. The number of nitrogens with one attached hydrogen (secondary N) is 2. The Kier molecular flexibility index (Phi) is 6.20. The number of rotatable bonds is 6. The normalized spacial score (nSPS) is 10.4. The zero-order valence-electron chi connectivity index (χ0n) is 13.9. The van der Waals surface area contributed by atoms with Crippen LogP contribution in [0.25, 0.3) is 11.4 Å². The van der Waals surface area contributed by atoms with Crippen LogP contribution in [0.5, 0.6) is 0 Å². The van der Waals surface area contributed by atoms with E-state index in [-0.39, 0.29) is 30.7 Å². The highest BCUT2D eigenvalue weighted by molar-refractivity contribution is 9.10. The maximum absolute atomic E-state index is 12.1. The Labute approximate surface area is 168 Å². The van der Waals surface area contributed by atoms with Crippen LogP contribution in [0.2, 0.25) is 5.02 Å². The molecule has 2 aromatic carbocycles. The number of carbonyl (C=O) groups excluding carboxylic acids is 2. The summed E-state index contributed by atoms with van der Waals surface area (Å²) in [5, 5.41) is 9.63. The van der Waals surface area contributed by atoms with Crippen molar-refractivity contribution in [3.63, 3.8) is 0 Å². The first-order valence-corrected chi connectivity index (χ1v) is 9.12. The van der Waals surface area contributed by atoms with E-state index < -0.39 is 5.91 Å². The summed E-state index contributed by atoms with van der Waals surface area (Å²) in [7, 11) is 0. The molecular formula is C18H14BrClN4O3. The Morgan fingerprint density at radius 1 is 1.04 bits per heavy atom. The van der Waals surface area contributed by atoms with Gasteiger partial charge in [0.1, 0.15) is 0 Å². The molecule has 0 aliphatic rings. The molecule has 0 spiro atoms. The summed E-state index contributed by atoms with van der Waals surface area (Å²) >= 11 is 9.24. The van der Waals surface area contributed by atoms with Crippen LogP contribution >= 0.6 is 27.5 Å². The van der Waals surface area contributed by atoms with E-state index >= 15 is 0 Å². The SMILES string of the molecule is O=C(NCCNC(=O)c1ccccc1Br)c1nc(-c2cccc(Cl)c2)no1. The molecule has 3 rings (SSSR count). The zero-order valence-corrected chi connectivity index (χ0v) is 16.3. The number of hydrogen-bond donors (Lipinski definition) is 2. The van der Waals surface area contributed by atoms with Gasteiger partial charge in [-0.3, -0.25) is 9.59 Å². The molecule has 27 heavy (non-hydrogen) atoms. The fourth-order valence-corrected chi connectivity index (χ4v) is 2.88. The van der Waals surface area contributed by atoms with Gasteiger partial charge in [-0.05, 0) is 40.2 Å². The van der Waals surface area contributed by atoms with Crippen LogP contribution in [-0.4, -0.2) is 35.0 Å². The molecule has 1 aromatic heterocycles. The lowest BCUT2D eigenvalue weighted by atomic mass is 10.2. The van der Waals surface area contributed by atoms with Gasteiger partial charge in [-0.25, -0.2) is 0 Å². The quantitative estimate of drug-likeness (QED) is 0.563. The first-order chi connectivity index (χ1) is 13.0. The van der Waals surface area contributed by atoms with E-state index in [9.17, 15) is 9.59 Å². The van der Waals surface area contributed by atoms with Gasteiger partial charge < -0.3 is 15.2 Å². The molecule has 1 heterocycles. The zero-order chi connectivity index (χ0) is 19.2. The number of halogens is 2. The van der Waals surface area contributed by atoms with Gasteiger partial charge in [-0.15, -0.1) is 0 Å². The molecule has 0 radical (unpaired) electrons. The van der Waals surface area contributed by atoms with E-state index in [4.69, 9.17) is 16.1 Å². The highest BCUT2D eigenvalue weighted by Crippen LogP contribution is 2.19. The molecule has 2 amide bonds. The number of carbonyl (C=O) groups is 2. The molecule has 3 aromatic rings. The molecule has 0 aliphatic heterocycles. The minimum Gasteiger partial charge on any atom is -0.350 e. The fraction of sp³-hybridized carbons (Fsp3) is 0.111. The minimum atomic E-state index is -0.522. The Bertz CT molecular complexity index is 977. The lowest BCUT2D eigenvalue weighted by molar-refractivity contribution is 0.0898. The van der Waals surface area contributed by atoms with Crippen molar-refractivity contribution in [2.24, 2.45) is 0 Å². The van der Waals surface area contributed by atoms with E-state index in [1.54, 1.807) is 42.5 Å². The van der Waals surface area contributed by atoms with Crippen molar-refractivity contribution in [1.82, 2.24) is 20.8 Å². The van der Waals surface area contributed by atoms with Gasteiger partial charge in [0.15, 0.2) is 0 Å². The summed E-state index contributed by atoms with van der Waals surface area (Å²) in [5.41, 5.74) is 1.16. The van der Waals surface area contributed by atoms with E-state index in [0.29, 0.717) is 20.6 Å². The number of hydrogen-bond acceptors (Lipinski definition) is 5. The van der Waals surface area contributed by atoms with Gasteiger partial charge in [-0.1, -0.05) is 41.0 Å². The second-order valence-corrected chi connectivity index (χ2v) is 6.72. The van der Waals surface area contributed by atoms with Gasteiger partial charge >= 0.3 is 11.8 Å². The average Bonchev–Trinajstić information content (AvgIpc) is 3.15. The molecule has 138 valence electrons. The van der Waals surface area contributed by atoms with Crippen LogP contribution in [-0.2, 0) is 0 Å². The molecule has 9 heteroatoms. The Balaban J connectivity index is 1.50. The molecule has 0 unspecified atom stereocenters. The van der Waals surface area contributed by atoms with Crippen molar-refractivity contribution in [3.8, 4) is 11.4 Å². The summed E-state index contributed by atoms with van der Waals surface area (Å²) in [6.45, 7) is 0.463. The predicted molar refractivity (Wildman–Crippen MR) is 104 cm³/mol. The van der Waals surface area contributed by atoms with Gasteiger partial charge in [0.2, 0.25) is 5.82 Å². The van der Waals surface area contributed by atoms with Crippen LogP contribution in [0, 0.1) is 0 Å². The maximum atomic E-state index is 12.1. The van der Waals surface area contributed by atoms with Crippen molar-refractivity contribution < 1.29 is 14.1 Å². The molecular weight excluding hydrogens is 436 g/mol. The largest absolute Gasteiger partial charge is 0.350 e. The van der Waals surface area contributed by atoms with Crippen molar-refractivity contribution in [1.29, 1.82) is 0 Å². The number of benzene rings is 2. The highest BCUT2D eigenvalue weighted by atomic mass is 79.9. The minimum absolute atomic E-state index is 0.165. The van der Waals surface area contributed by atoms with Crippen LogP contribution in [0.4, 0.5) is 0 Å². The monoisotopic (exact) mass is 448 g/mol.